The van der Waals surface area contributed by atoms with Crippen molar-refractivity contribution < 1.29 is 4.79 Å². The molecule has 1 heterocycles. The lowest BCUT2D eigenvalue weighted by atomic mass is 10.0. The number of hydrogen-bond acceptors (Lipinski definition) is 2. The van der Waals surface area contributed by atoms with Crippen molar-refractivity contribution in [3.63, 3.8) is 0 Å². The first-order valence-corrected chi connectivity index (χ1v) is 8.05. The van der Waals surface area contributed by atoms with E-state index in [-0.39, 0.29) is 12.1 Å². The quantitative estimate of drug-likeness (QED) is 0.773. The fraction of sp³-hybridized carbons (Fsp3) is 0.263. The third kappa shape index (κ3) is 3.40. The lowest BCUT2D eigenvalue weighted by Crippen LogP contribution is -2.36. The molecule has 0 radical (unpaired) electrons. The van der Waals surface area contributed by atoms with E-state index < -0.39 is 0 Å². The number of nitrogens with one attached hydrogen (secondary N) is 2. The summed E-state index contributed by atoms with van der Waals surface area (Å²) < 4.78 is 1.80. The van der Waals surface area contributed by atoms with Gasteiger partial charge in [-0.15, -0.1) is 0 Å². The van der Waals surface area contributed by atoms with Crippen LogP contribution < -0.4 is 10.6 Å². The molecule has 0 aliphatic rings. The first-order chi connectivity index (χ1) is 11.5. The number of carbonyl (C=O) groups is 1. The molecule has 0 bridgehead atoms. The fourth-order valence-corrected chi connectivity index (χ4v) is 2.70. The molecule has 2 amide bonds. The number of urea groups is 1. The van der Waals surface area contributed by atoms with Gasteiger partial charge >= 0.3 is 6.03 Å². The van der Waals surface area contributed by atoms with Gasteiger partial charge in [-0.25, -0.2) is 4.79 Å². The van der Waals surface area contributed by atoms with Crippen molar-refractivity contribution in [2.24, 2.45) is 7.05 Å². The largest absolute Gasteiger partial charge is 0.334 e. The highest BCUT2D eigenvalue weighted by molar-refractivity contribution is 5.83. The summed E-state index contributed by atoms with van der Waals surface area (Å²) in [6, 6.07) is 14.2. The molecular formula is C19H22N4O. The second-order valence-corrected chi connectivity index (χ2v) is 6.03. The summed E-state index contributed by atoms with van der Waals surface area (Å²) in [7, 11) is 1.89. The first-order valence-electron chi connectivity index (χ1n) is 8.05. The van der Waals surface area contributed by atoms with Gasteiger partial charge in [-0.2, -0.15) is 5.10 Å². The molecule has 24 heavy (non-hydrogen) atoms. The molecule has 0 saturated carbocycles. The minimum absolute atomic E-state index is 0.0652. The molecule has 0 fully saturated rings. The van der Waals surface area contributed by atoms with Crippen LogP contribution in [0.3, 0.4) is 0 Å². The highest BCUT2D eigenvalue weighted by atomic mass is 16.2. The van der Waals surface area contributed by atoms with E-state index in [1.807, 2.05) is 33.0 Å². The van der Waals surface area contributed by atoms with Gasteiger partial charge in [0, 0.05) is 24.8 Å². The van der Waals surface area contributed by atoms with Crippen LogP contribution in [0.25, 0.3) is 10.8 Å². The van der Waals surface area contributed by atoms with Crippen molar-refractivity contribution >= 4 is 16.8 Å². The van der Waals surface area contributed by atoms with Crippen molar-refractivity contribution in [2.45, 2.75) is 26.4 Å². The van der Waals surface area contributed by atoms with Gasteiger partial charge in [0.25, 0.3) is 0 Å². The van der Waals surface area contributed by atoms with Crippen molar-refractivity contribution in [1.82, 2.24) is 20.4 Å². The van der Waals surface area contributed by atoms with E-state index in [0.29, 0.717) is 6.54 Å². The second-order valence-electron chi connectivity index (χ2n) is 6.03. The SMILES string of the molecule is Cc1c(CNC(=O)N[C@H](C)c2ccc3ccccc3c2)cnn1C. The van der Waals surface area contributed by atoms with E-state index >= 15 is 0 Å². The van der Waals surface area contributed by atoms with Crippen LogP contribution in [0, 0.1) is 6.92 Å². The predicted octanol–water partition coefficient (Wildman–Crippen LogP) is 3.44. The number of benzene rings is 2. The summed E-state index contributed by atoms with van der Waals surface area (Å²) in [5, 5.41) is 12.4. The minimum atomic E-state index is -0.182. The van der Waals surface area contributed by atoms with Crippen LogP contribution in [0.2, 0.25) is 0 Å². The molecule has 0 spiro atoms. The Hall–Kier alpha value is -2.82. The van der Waals surface area contributed by atoms with Gasteiger partial charge < -0.3 is 10.6 Å². The Morgan fingerprint density at radius 2 is 1.96 bits per heavy atom. The zero-order chi connectivity index (χ0) is 17.1. The predicted molar refractivity (Wildman–Crippen MR) is 95.7 cm³/mol. The van der Waals surface area contributed by atoms with Crippen molar-refractivity contribution in [2.75, 3.05) is 0 Å². The highest BCUT2D eigenvalue weighted by Crippen LogP contribution is 2.20. The molecular weight excluding hydrogens is 300 g/mol. The summed E-state index contributed by atoms with van der Waals surface area (Å²) in [4.78, 5) is 12.1. The third-order valence-corrected chi connectivity index (χ3v) is 4.40. The van der Waals surface area contributed by atoms with Crippen LogP contribution in [0.5, 0.6) is 0 Å². The number of rotatable bonds is 4. The van der Waals surface area contributed by atoms with Crippen molar-refractivity contribution in [3.8, 4) is 0 Å². The second kappa shape index (κ2) is 6.74. The Bertz CT molecular complexity index is 869. The normalized spacial score (nSPS) is 12.1. The maximum Gasteiger partial charge on any atom is 0.315 e. The summed E-state index contributed by atoms with van der Waals surface area (Å²) in [6.07, 6.45) is 1.78. The molecule has 2 N–H and O–H groups in total. The molecule has 3 aromatic rings. The lowest BCUT2D eigenvalue weighted by Gasteiger charge is -2.15. The maximum absolute atomic E-state index is 12.1. The highest BCUT2D eigenvalue weighted by Gasteiger charge is 2.11. The molecule has 0 saturated heterocycles. The molecule has 5 heteroatoms. The summed E-state index contributed by atoms with van der Waals surface area (Å²) >= 11 is 0. The third-order valence-electron chi connectivity index (χ3n) is 4.40. The number of aromatic nitrogens is 2. The van der Waals surface area contributed by atoms with Crippen LogP contribution in [-0.2, 0) is 13.6 Å². The lowest BCUT2D eigenvalue weighted by molar-refractivity contribution is 0.237. The summed E-state index contributed by atoms with van der Waals surface area (Å²) in [5.41, 5.74) is 3.16. The van der Waals surface area contributed by atoms with Gasteiger partial charge in [-0.1, -0.05) is 36.4 Å². The van der Waals surface area contributed by atoms with Gasteiger partial charge in [0.2, 0.25) is 0 Å². The van der Waals surface area contributed by atoms with Gasteiger partial charge in [0.15, 0.2) is 0 Å². The van der Waals surface area contributed by atoms with Crippen LogP contribution in [0.15, 0.2) is 48.7 Å². The van der Waals surface area contributed by atoms with Gasteiger partial charge in [0.1, 0.15) is 0 Å². The molecule has 124 valence electrons. The van der Waals surface area contributed by atoms with Gasteiger partial charge in [0.05, 0.1) is 12.2 Å². The topological polar surface area (TPSA) is 59.0 Å². The minimum Gasteiger partial charge on any atom is -0.334 e. The summed E-state index contributed by atoms with van der Waals surface area (Å²) in [5.74, 6) is 0. The number of hydrogen-bond donors (Lipinski definition) is 2. The molecule has 1 atom stereocenters. The Morgan fingerprint density at radius 3 is 2.67 bits per heavy atom. The summed E-state index contributed by atoms with van der Waals surface area (Å²) in [6.45, 7) is 4.44. The van der Waals surface area contributed by atoms with Gasteiger partial charge in [-0.05, 0) is 36.2 Å². The average molecular weight is 322 g/mol. The number of aryl methyl sites for hydroxylation is 1. The Morgan fingerprint density at radius 1 is 1.21 bits per heavy atom. The molecule has 0 aliphatic carbocycles. The van der Waals surface area contributed by atoms with E-state index in [0.717, 1.165) is 16.8 Å². The Kier molecular flexibility index (Phi) is 4.51. The first kappa shape index (κ1) is 16.1. The Labute approximate surface area is 141 Å². The Balaban J connectivity index is 1.61. The molecule has 3 rings (SSSR count). The van der Waals surface area contributed by atoms with Crippen molar-refractivity contribution in [1.29, 1.82) is 0 Å². The van der Waals surface area contributed by atoms with Crippen LogP contribution >= 0.6 is 0 Å². The zero-order valence-electron chi connectivity index (χ0n) is 14.2. The van der Waals surface area contributed by atoms with E-state index in [1.54, 1.807) is 10.9 Å². The van der Waals surface area contributed by atoms with E-state index in [1.165, 1.54) is 10.8 Å². The average Bonchev–Trinajstić information content (AvgIpc) is 2.91. The van der Waals surface area contributed by atoms with E-state index in [4.69, 9.17) is 0 Å². The number of carbonyl (C=O) groups excluding carboxylic acids is 1. The molecule has 5 nitrogen and oxygen atoms in total. The standard InChI is InChI=1S/C19H22N4O/c1-13(16-9-8-15-6-4-5-7-17(15)10-16)22-19(24)20-11-18-12-21-23(3)14(18)2/h4-10,12-13H,11H2,1-3H3,(H2,20,22,24)/t13-/m1/s1. The molecule has 2 aromatic carbocycles. The van der Waals surface area contributed by atoms with E-state index in [2.05, 4.69) is 46.1 Å². The molecule has 0 aliphatic heterocycles. The van der Waals surface area contributed by atoms with Crippen LogP contribution in [0.1, 0.15) is 29.8 Å². The maximum atomic E-state index is 12.1. The van der Waals surface area contributed by atoms with E-state index in [9.17, 15) is 4.79 Å². The monoisotopic (exact) mass is 322 g/mol. The number of fused-ring (bicyclic) bond motifs is 1. The smallest absolute Gasteiger partial charge is 0.315 e. The van der Waals surface area contributed by atoms with Gasteiger partial charge in [-0.3, -0.25) is 4.68 Å². The van der Waals surface area contributed by atoms with Crippen LogP contribution in [-0.4, -0.2) is 15.8 Å². The van der Waals surface area contributed by atoms with Crippen molar-refractivity contribution in [3.05, 3.63) is 65.5 Å². The zero-order valence-corrected chi connectivity index (χ0v) is 14.2. The van der Waals surface area contributed by atoms with Crippen LogP contribution in [0.4, 0.5) is 4.79 Å². The fourth-order valence-electron chi connectivity index (χ4n) is 2.70. The molecule has 0 unspecified atom stereocenters. The number of nitrogens with zero attached hydrogens (tertiary/aromatic N) is 2. The molecule has 1 aromatic heterocycles. The number of amides is 2.